The van der Waals surface area contributed by atoms with Crippen LogP contribution in [0.5, 0.6) is 0 Å². The van der Waals surface area contributed by atoms with Crippen LogP contribution >= 0.6 is 22.9 Å². The van der Waals surface area contributed by atoms with Gasteiger partial charge in [-0.1, -0.05) is 23.7 Å². The first-order valence-electron chi connectivity index (χ1n) is 7.50. The highest BCUT2D eigenvalue weighted by Gasteiger charge is 2.25. The molecule has 26 heavy (non-hydrogen) atoms. The summed E-state index contributed by atoms with van der Waals surface area (Å²) in [5.74, 6) is -0.901. The van der Waals surface area contributed by atoms with E-state index in [4.69, 9.17) is 11.6 Å². The number of thiophene rings is 1. The highest BCUT2D eigenvalue weighted by atomic mass is 35.5. The van der Waals surface area contributed by atoms with Crippen LogP contribution in [0.1, 0.15) is 15.9 Å². The monoisotopic (exact) mass is 415 g/mol. The summed E-state index contributed by atoms with van der Waals surface area (Å²) in [7, 11) is -1.02. The number of anilines is 1. The number of carbonyl (C=O) groups excluding carboxylic acids is 2. The van der Waals surface area contributed by atoms with Crippen molar-refractivity contribution in [2.45, 2.75) is 11.1 Å². The van der Waals surface area contributed by atoms with E-state index in [9.17, 15) is 18.0 Å². The van der Waals surface area contributed by atoms with E-state index in [0.29, 0.717) is 21.2 Å². The predicted octanol–water partition coefficient (Wildman–Crippen LogP) is 2.33. The zero-order chi connectivity index (χ0) is 19.5. The summed E-state index contributed by atoms with van der Waals surface area (Å²) >= 11 is 6.69. The van der Waals surface area contributed by atoms with Gasteiger partial charge in [-0.3, -0.25) is 9.59 Å². The molecule has 0 radical (unpaired) electrons. The van der Waals surface area contributed by atoms with E-state index >= 15 is 0 Å². The maximum absolute atomic E-state index is 12.4. The second-order valence-corrected chi connectivity index (χ2v) is 9.43. The standard InChI is InChI=1S/C16H18ClN3O4S2/c1-10-5-4-6-11(15(10)16(22)18-2)19-13(21)9-20(3)26(23,24)14-8-7-12(17)25-14/h4-8H,9H2,1-3H3,(H,18,22)(H,19,21). The van der Waals surface area contributed by atoms with Gasteiger partial charge in [0.05, 0.1) is 22.1 Å². The van der Waals surface area contributed by atoms with Crippen molar-refractivity contribution in [1.29, 1.82) is 0 Å². The summed E-state index contributed by atoms with van der Waals surface area (Å²) in [4.78, 5) is 24.3. The Morgan fingerprint density at radius 3 is 2.50 bits per heavy atom. The molecule has 0 bridgehead atoms. The van der Waals surface area contributed by atoms with Crippen molar-refractivity contribution in [1.82, 2.24) is 9.62 Å². The molecule has 0 unspecified atom stereocenters. The minimum atomic E-state index is -3.82. The van der Waals surface area contributed by atoms with Crippen LogP contribution in [-0.2, 0) is 14.8 Å². The molecule has 0 fully saturated rings. The molecule has 1 aromatic carbocycles. The topological polar surface area (TPSA) is 95.6 Å². The molecular weight excluding hydrogens is 398 g/mol. The molecule has 0 aliphatic rings. The lowest BCUT2D eigenvalue weighted by molar-refractivity contribution is -0.116. The number of carbonyl (C=O) groups is 2. The lowest BCUT2D eigenvalue weighted by Gasteiger charge is -2.17. The molecule has 0 aliphatic carbocycles. The van der Waals surface area contributed by atoms with Crippen molar-refractivity contribution in [2.24, 2.45) is 0 Å². The largest absolute Gasteiger partial charge is 0.355 e. The van der Waals surface area contributed by atoms with Gasteiger partial charge in [0.1, 0.15) is 4.21 Å². The lowest BCUT2D eigenvalue weighted by atomic mass is 10.1. The van der Waals surface area contributed by atoms with E-state index in [1.54, 1.807) is 25.1 Å². The molecule has 10 heteroatoms. The molecule has 7 nitrogen and oxygen atoms in total. The molecular formula is C16H18ClN3O4S2. The van der Waals surface area contributed by atoms with Crippen molar-refractivity contribution in [3.05, 3.63) is 45.8 Å². The third-order valence-corrected chi connectivity index (χ3v) is 7.08. The van der Waals surface area contributed by atoms with Gasteiger partial charge >= 0.3 is 0 Å². The van der Waals surface area contributed by atoms with Gasteiger partial charge < -0.3 is 10.6 Å². The summed E-state index contributed by atoms with van der Waals surface area (Å²) in [5, 5.41) is 5.11. The van der Waals surface area contributed by atoms with Crippen LogP contribution in [0.25, 0.3) is 0 Å². The Morgan fingerprint density at radius 2 is 1.92 bits per heavy atom. The zero-order valence-electron chi connectivity index (χ0n) is 14.4. The van der Waals surface area contributed by atoms with Gasteiger partial charge in [0.15, 0.2) is 0 Å². The summed E-state index contributed by atoms with van der Waals surface area (Å²) in [6, 6.07) is 7.90. The van der Waals surface area contributed by atoms with E-state index < -0.39 is 22.5 Å². The number of hydrogen-bond donors (Lipinski definition) is 2. The molecule has 1 aromatic heterocycles. The minimum absolute atomic E-state index is 0.0550. The number of likely N-dealkylation sites (N-methyl/N-ethyl adjacent to an activating group) is 1. The summed E-state index contributed by atoms with van der Waals surface area (Å²) in [6.07, 6.45) is 0. The number of halogens is 1. The smallest absolute Gasteiger partial charge is 0.253 e. The second kappa shape index (κ2) is 8.17. The molecule has 0 saturated carbocycles. The molecule has 1 heterocycles. The van der Waals surface area contributed by atoms with Crippen LogP contribution in [0.15, 0.2) is 34.5 Å². The Bertz CT molecular complexity index is 941. The quantitative estimate of drug-likeness (QED) is 0.756. The predicted molar refractivity (Wildman–Crippen MR) is 102 cm³/mol. The number of nitrogens with zero attached hydrogens (tertiary/aromatic N) is 1. The summed E-state index contributed by atoms with van der Waals surface area (Å²) < 4.78 is 26.2. The third-order valence-electron chi connectivity index (χ3n) is 3.58. The number of nitrogens with one attached hydrogen (secondary N) is 2. The Kier molecular flexibility index (Phi) is 6.40. The Balaban J connectivity index is 2.17. The van der Waals surface area contributed by atoms with Crippen LogP contribution in [0.2, 0.25) is 4.34 Å². The first-order valence-corrected chi connectivity index (χ1v) is 10.1. The fourth-order valence-electron chi connectivity index (χ4n) is 2.27. The highest BCUT2D eigenvalue weighted by molar-refractivity contribution is 7.91. The van der Waals surface area contributed by atoms with E-state index in [1.807, 2.05) is 0 Å². The fraction of sp³-hybridized carbons (Fsp3) is 0.250. The number of benzene rings is 1. The zero-order valence-corrected chi connectivity index (χ0v) is 16.8. The van der Waals surface area contributed by atoms with Crippen molar-refractivity contribution >= 4 is 50.5 Å². The first kappa shape index (κ1) is 20.4. The van der Waals surface area contributed by atoms with E-state index in [-0.39, 0.29) is 10.1 Å². The third kappa shape index (κ3) is 4.42. The van der Waals surface area contributed by atoms with E-state index in [2.05, 4.69) is 10.6 Å². The van der Waals surface area contributed by atoms with Gasteiger partial charge in [-0.05, 0) is 30.7 Å². The maximum atomic E-state index is 12.4. The maximum Gasteiger partial charge on any atom is 0.253 e. The summed E-state index contributed by atoms with van der Waals surface area (Å²) in [6.45, 7) is 1.34. The van der Waals surface area contributed by atoms with E-state index in [1.165, 1.54) is 26.2 Å². The number of sulfonamides is 1. The lowest BCUT2D eigenvalue weighted by Crippen LogP contribution is -2.35. The van der Waals surface area contributed by atoms with Gasteiger partial charge in [-0.25, -0.2) is 8.42 Å². The van der Waals surface area contributed by atoms with Crippen LogP contribution in [0.4, 0.5) is 5.69 Å². The van der Waals surface area contributed by atoms with Crippen LogP contribution < -0.4 is 10.6 Å². The number of aryl methyl sites for hydroxylation is 1. The second-order valence-electron chi connectivity index (χ2n) is 5.44. The Morgan fingerprint density at radius 1 is 1.23 bits per heavy atom. The average molecular weight is 416 g/mol. The van der Waals surface area contributed by atoms with Gasteiger partial charge in [0, 0.05) is 14.1 Å². The molecule has 0 aliphatic heterocycles. The number of hydrogen-bond acceptors (Lipinski definition) is 5. The average Bonchev–Trinajstić information content (AvgIpc) is 3.01. The van der Waals surface area contributed by atoms with Crippen molar-refractivity contribution in [3.8, 4) is 0 Å². The number of amides is 2. The SMILES string of the molecule is CNC(=O)c1c(C)cccc1NC(=O)CN(C)S(=O)(=O)c1ccc(Cl)s1. The number of rotatable bonds is 6. The van der Waals surface area contributed by atoms with E-state index in [0.717, 1.165) is 15.6 Å². The minimum Gasteiger partial charge on any atom is -0.355 e. The van der Waals surface area contributed by atoms with Crippen molar-refractivity contribution in [3.63, 3.8) is 0 Å². The van der Waals surface area contributed by atoms with Crippen molar-refractivity contribution < 1.29 is 18.0 Å². The van der Waals surface area contributed by atoms with Crippen molar-refractivity contribution in [2.75, 3.05) is 26.0 Å². The van der Waals surface area contributed by atoms with Gasteiger partial charge in [-0.15, -0.1) is 11.3 Å². The molecule has 2 rings (SSSR count). The molecule has 0 atom stereocenters. The van der Waals surface area contributed by atoms with Crippen LogP contribution in [0.3, 0.4) is 0 Å². The van der Waals surface area contributed by atoms with Gasteiger partial charge in [-0.2, -0.15) is 4.31 Å². The molecule has 140 valence electrons. The Hall–Kier alpha value is -1.94. The van der Waals surface area contributed by atoms with Gasteiger partial charge in [0.2, 0.25) is 5.91 Å². The van der Waals surface area contributed by atoms with Crippen LogP contribution in [0, 0.1) is 6.92 Å². The van der Waals surface area contributed by atoms with Crippen LogP contribution in [-0.4, -0.2) is 45.2 Å². The molecule has 0 saturated heterocycles. The molecule has 0 spiro atoms. The van der Waals surface area contributed by atoms with Gasteiger partial charge in [0.25, 0.3) is 15.9 Å². The highest BCUT2D eigenvalue weighted by Crippen LogP contribution is 2.27. The fourth-order valence-corrected chi connectivity index (χ4v) is 5.09. The Labute approximate surface area is 161 Å². The summed E-state index contributed by atoms with van der Waals surface area (Å²) in [5.41, 5.74) is 1.34. The molecule has 2 aromatic rings. The molecule has 2 amide bonds. The first-order chi connectivity index (χ1) is 12.2. The normalized spacial score (nSPS) is 11.4. The molecule has 2 N–H and O–H groups in total.